The maximum absolute atomic E-state index is 13.7. The number of amides is 1. The lowest BCUT2D eigenvalue weighted by molar-refractivity contribution is 0.0947. The van der Waals surface area contributed by atoms with E-state index in [-0.39, 0.29) is 25.0 Å². The molecule has 3 rings (SSSR count). The fraction of sp³-hybridized carbons (Fsp3) is 0.278. The molecule has 2 heterocycles. The highest BCUT2D eigenvalue weighted by Gasteiger charge is 2.20. The summed E-state index contributed by atoms with van der Waals surface area (Å²) in [5, 5.41) is 6.82. The Hall–Kier alpha value is -3.16. The Bertz CT molecular complexity index is 875. The van der Waals surface area contributed by atoms with Crippen LogP contribution in [-0.4, -0.2) is 34.7 Å². The van der Waals surface area contributed by atoms with Gasteiger partial charge in [0.05, 0.1) is 12.7 Å². The molecule has 1 aliphatic rings. The van der Waals surface area contributed by atoms with Crippen LogP contribution in [0.5, 0.6) is 5.75 Å². The third-order valence-corrected chi connectivity index (χ3v) is 3.90. The standard InChI is InChI=1S/C18H19FN4O3/c1-4-16-22-17-14(10-21-23(17)3)18(24)20-7-8-25-15-6-5-12(19)9-13(15)11(2)26-16/h4-6,9-11H,1,7-8H2,2-3H3,(H,20,24)/b22-16+/t11-/m1/s1. The Labute approximate surface area is 150 Å². The molecule has 0 spiro atoms. The van der Waals surface area contributed by atoms with Gasteiger partial charge in [0.1, 0.15) is 29.8 Å². The van der Waals surface area contributed by atoms with E-state index in [0.29, 0.717) is 22.7 Å². The number of rotatable bonds is 1. The van der Waals surface area contributed by atoms with Gasteiger partial charge in [0.25, 0.3) is 5.91 Å². The normalized spacial score (nSPS) is 19.7. The van der Waals surface area contributed by atoms with Crippen LogP contribution in [0.1, 0.15) is 28.9 Å². The molecule has 136 valence electrons. The average Bonchev–Trinajstić information content (AvgIpc) is 2.98. The van der Waals surface area contributed by atoms with Crippen molar-refractivity contribution in [2.24, 2.45) is 12.0 Å². The zero-order chi connectivity index (χ0) is 18.7. The molecule has 0 aliphatic carbocycles. The number of benzene rings is 1. The molecule has 0 radical (unpaired) electrons. The van der Waals surface area contributed by atoms with Crippen LogP contribution in [-0.2, 0) is 11.8 Å². The molecule has 1 aromatic heterocycles. The number of aliphatic imine (C=N–C) groups is 1. The average molecular weight is 358 g/mol. The first-order valence-electron chi connectivity index (χ1n) is 8.10. The van der Waals surface area contributed by atoms with Crippen molar-refractivity contribution in [3.05, 3.63) is 54.0 Å². The summed E-state index contributed by atoms with van der Waals surface area (Å²) in [4.78, 5) is 16.7. The fourth-order valence-electron chi connectivity index (χ4n) is 2.58. The third kappa shape index (κ3) is 3.58. The molecule has 7 nitrogen and oxygen atoms in total. The topological polar surface area (TPSA) is 77.7 Å². The number of nitrogens with zero attached hydrogens (tertiary/aromatic N) is 3. The molecule has 1 atom stereocenters. The summed E-state index contributed by atoms with van der Waals surface area (Å²) in [7, 11) is 1.67. The lowest BCUT2D eigenvalue weighted by Crippen LogP contribution is -2.28. The van der Waals surface area contributed by atoms with Gasteiger partial charge < -0.3 is 14.8 Å². The largest absolute Gasteiger partial charge is 0.491 e. The molecule has 26 heavy (non-hydrogen) atoms. The number of hydrogen-bond acceptors (Lipinski definition) is 5. The zero-order valence-corrected chi connectivity index (χ0v) is 14.5. The molecule has 1 aliphatic heterocycles. The van der Waals surface area contributed by atoms with E-state index in [4.69, 9.17) is 9.47 Å². The number of carbonyl (C=O) groups is 1. The Balaban J connectivity index is 2.05. The molecule has 0 fully saturated rings. The molecule has 1 N–H and O–H groups in total. The third-order valence-electron chi connectivity index (χ3n) is 3.90. The maximum Gasteiger partial charge on any atom is 0.256 e. The zero-order valence-electron chi connectivity index (χ0n) is 14.5. The van der Waals surface area contributed by atoms with Crippen molar-refractivity contribution in [3.63, 3.8) is 0 Å². The van der Waals surface area contributed by atoms with Gasteiger partial charge in [-0.1, -0.05) is 6.58 Å². The van der Waals surface area contributed by atoms with E-state index in [2.05, 4.69) is 22.0 Å². The van der Waals surface area contributed by atoms with Crippen molar-refractivity contribution in [1.82, 2.24) is 15.1 Å². The molecule has 1 aromatic carbocycles. The van der Waals surface area contributed by atoms with Crippen molar-refractivity contribution in [1.29, 1.82) is 0 Å². The lowest BCUT2D eigenvalue weighted by atomic mass is 10.1. The Kier molecular flexibility index (Phi) is 5.01. The molecular formula is C18H19FN4O3. The van der Waals surface area contributed by atoms with Gasteiger partial charge in [-0.15, -0.1) is 0 Å². The minimum atomic E-state index is -0.543. The molecular weight excluding hydrogens is 339 g/mol. The number of aromatic nitrogens is 2. The van der Waals surface area contributed by atoms with Crippen LogP contribution in [0.4, 0.5) is 10.2 Å². The first-order chi connectivity index (χ1) is 12.5. The molecule has 8 heteroatoms. The summed E-state index contributed by atoms with van der Waals surface area (Å²) in [6, 6.07) is 4.20. The number of hydrogen-bond donors (Lipinski definition) is 1. The van der Waals surface area contributed by atoms with E-state index in [9.17, 15) is 9.18 Å². The number of halogens is 1. The summed E-state index contributed by atoms with van der Waals surface area (Å²) in [5.41, 5.74) is 0.848. The highest BCUT2D eigenvalue weighted by atomic mass is 19.1. The highest BCUT2D eigenvalue weighted by molar-refractivity contribution is 6.00. The van der Waals surface area contributed by atoms with E-state index in [1.807, 2.05) is 0 Å². The Morgan fingerprint density at radius 2 is 2.27 bits per heavy atom. The second kappa shape index (κ2) is 7.38. The second-order valence-electron chi connectivity index (χ2n) is 5.71. The number of fused-ring (bicyclic) bond motifs is 2. The summed E-state index contributed by atoms with van der Waals surface area (Å²) in [6.07, 6.45) is 2.31. The van der Waals surface area contributed by atoms with Gasteiger partial charge in [-0.3, -0.25) is 9.48 Å². The minimum Gasteiger partial charge on any atom is -0.491 e. The smallest absolute Gasteiger partial charge is 0.256 e. The van der Waals surface area contributed by atoms with Gasteiger partial charge >= 0.3 is 0 Å². The molecule has 1 amide bonds. The summed E-state index contributed by atoms with van der Waals surface area (Å²) >= 11 is 0. The first-order valence-corrected chi connectivity index (χ1v) is 8.10. The minimum absolute atomic E-state index is 0.185. The molecule has 0 unspecified atom stereocenters. The van der Waals surface area contributed by atoms with Gasteiger partial charge in [-0.05, 0) is 31.2 Å². The van der Waals surface area contributed by atoms with Crippen molar-refractivity contribution >= 4 is 17.6 Å². The fourth-order valence-corrected chi connectivity index (χ4v) is 2.58. The van der Waals surface area contributed by atoms with Crippen LogP contribution in [0, 0.1) is 5.82 Å². The van der Waals surface area contributed by atoms with Crippen LogP contribution in [0.3, 0.4) is 0 Å². The first kappa shape index (κ1) is 17.7. The van der Waals surface area contributed by atoms with Crippen molar-refractivity contribution in [2.75, 3.05) is 13.2 Å². The monoisotopic (exact) mass is 358 g/mol. The van der Waals surface area contributed by atoms with Crippen molar-refractivity contribution < 1.29 is 18.7 Å². The SMILES string of the molecule is C=C/C1=N\c2c(cnn2C)C(=O)NCCOc2ccc(F)cc2[C@@H](C)O1. The lowest BCUT2D eigenvalue weighted by Gasteiger charge is -2.18. The Morgan fingerprint density at radius 1 is 1.46 bits per heavy atom. The van der Waals surface area contributed by atoms with Crippen molar-refractivity contribution in [2.45, 2.75) is 13.0 Å². The van der Waals surface area contributed by atoms with Gasteiger partial charge in [-0.25, -0.2) is 4.39 Å². The molecule has 0 bridgehead atoms. The second-order valence-corrected chi connectivity index (χ2v) is 5.71. The number of carbonyl (C=O) groups excluding carboxylic acids is 1. The van der Waals surface area contributed by atoms with E-state index in [1.165, 1.54) is 35.2 Å². The summed E-state index contributed by atoms with van der Waals surface area (Å²) in [5.74, 6) is 0.283. The number of nitrogens with one attached hydrogen (secondary N) is 1. The molecule has 0 saturated heterocycles. The van der Waals surface area contributed by atoms with Gasteiger partial charge in [0.2, 0.25) is 5.90 Å². The number of aryl methyl sites for hydroxylation is 1. The van der Waals surface area contributed by atoms with Gasteiger partial charge in [0.15, 0.2) is 5.82 Å². The van der Waals surface area contributed by atoms with E-state index in [0.717, 1.165) is 0 Å². The quantitative estimate of drug-likeness (QED) is 0.850. The van der Waals surface area contributed by atoms with Crippen molar-refractivity contribution in [3.8, 4) is 5.75 Å². The van der Waals surface area contributed by atoms with E-state index < -0.39 is 11.9 Å². The van der Waals surface area contributed by atoms with Crippen LogP contribution in [0.25, 0.3) is 0 Å². The van der Waals surface area contributed by atoms with Crippen LogP contribution >= 0.6 is 0 Å². The van der Waals surface area contributed by atoms with E-state index in [1.54, 1.807) is 14.0 Å². The van der Waals surface area contributed by atoms with Gasteiger partial charge in [0, 0.05) is 12.6 Å². The van der Waals surface area contributed by atoms with Crippen LogP contribution < -0.4 is 10.1 Å². The number of ether oxygens (including phenoxy) is 2. The van der Waals surface area contributed by atoms with Crippen LogP contribution in [0.2, 0.25) is 0 Å². The summed E-state index contributed by atoms with van der Waals surface area (Å²) < 4.78 is 26.7. The van der Waals surface area contributed by atoms with Gasteiger partial charge in [-0.2, -0.15) is 10.1 Å². The Morgan fingerprint density at radius 3 is 3.04 bits per heavy atom. The molecule has 0 saturated carbocycles. The summed E-state index contributed by atoms with van der Waals surface area (Å²) in [6.45, 7) is 5.95. The van der Waals surface area contributed by atoms with E-state index >= 15 is 0 Å². The van der Waals surface area contributed by atoms with Crippen LogP contribution in [0.15, 0.2) is 42.0 Å². The molecule has 2 aromatic rings. The maximum atomic E-state index is 13.7. The highest BCUT2D eigenvalue weighted by Crippen LogP contribution is 2.29. The predicted molar refractivity (Wildman–Crippen MR) is 94.2 cm³/mol. The predicted octanol–water partition coefficient (Wildman–Crippen LogP) is 2.68.